The molecule has 8 heteroatoms. The van der Waals surface area contributed by atoms with Crippen molar-refractivity contribution < 1.29 is 23.8 Å². The van der Waals surface area contributed by atoms with E-state index in [9.17, 15) is 9.59 Å². The molecule has 0 radical (unpaired) electrons. The molecule has 1 saturated heterocycles. The van der Waals surface area contributed by atoms with Gasteiger partial charge in [-0.15, -0.1) is 0 Å². The summed E-state index contributed by atoms with van der Waals surface area (Å²) in [4.78, 5) is 32.7. The first kappa shape index (κ1) is 21.9. The fourth-order valence-corrected chi connectivity index (χ4v) is 5.69. The third kappa shape index (κ3) is 3.64. The number of rotatable bonds is 5. The Bertz CT molecular complexity index is 1510. The number of nitrogens with zero attached hydrogens (tertiary/aromatic N) is 1. The van der Waals surface area contributed by atoms with Crippen molar-refractivity contribution >= 4 is 22.7 Å². The minimum absolute atomic E-state index is 0.0934. The minimum atomic E-state index is -0.769. The van der Waals surface area contributed by atoms with Gasteiger partial charge in [-0.25, -0.2) is 0 Å². The van der Waals surface area contributed by atoms with Crippen LogP contribution in [0.15, 0.2) is 72.8 Å². The second kappa shape index (κ2) is 8.67. The summed E-state index contributed by atoms with van der Waals surface area (Å²) in [6.07, 6.45) is 0.440. The molecule has 3 atom stereocenters. The number of aromatic nitrogens is 1. The number of para-hydroxylation sites is 1. The number of carbonyl (C=O) groups is 2. The van der Waals surface area contributed by atoms with E-state index in [0.717, 1.165) is 33.3 Å². The zero-order valence-electron chi connectivity index (χ0n) is 20.0. The summed E-state index contributed by atoms with van der Waals surface area (Å²) < 4.78 is 17.0. The summed E-state index contributed by atoms with van der Waals surface area (Å²) in [6, 6.07) is 21.6. The Kier molecular flexibility index (Phi) is 5.14. The standard InChI is InChI=1S/C29H25N3O5/c33-28-23-13-20-19-8-4-5-9-21(19)30-26(20)27(18-10-11-24-25(12-18)37-16-36-24)32(23)29(34)22(31-28)15-35-14-17-6-2-1-3-7-17/h1-12,22-23,27,30H,13-16H2,(H,31,33)/t22-,23+,27+/m0/s1. The molecule has 3 aliphatic heterocycles. The van der Waals surface area contributed by atoms with Crippen LogP contribution in [0.1, 0.15) is 28.4 Å². The Labute approximate surface area is 213 Å². The number of fused-ring (bicyclic) bond motifs is 5. The monoisotopic (exact) mass is 495 g/mol. The smallest absolute Gasteiger partial charge is 0.249 e. The van der Waals surface area contributed by atoms with Gasteiger partial charge in [-0.05, 0) is 34.9 Å². The van der Waals surface area contributed by atoms with Crippen LogP contribution in [-0.4, -0.2) is 47.2 Å². The maximum atomic E-state index is 14.0. The normalized spacial score (nSPS) is 22.1. The fraction of sp³-hybridized carbons (Fsp3) is 0.241. The predicted molar refractivity (Wildman–Crippen MR) is 135 cm³/mol. The topological polar surface area (TPSA) is 92.9 Å². The van der Waals surface area contributed by atoms with Crippen LogP contribution in [0.4, 0.5) is 0 Å². The Balaban J connectivity index is 1.27. The molecule has 8 nitrogen and oxygen atoms in total. The number of ether oxygens (including phenoxy) is 3. The average Bonchev–Trinajstić information content (AvgIpc) is 3.55. The zero-order valence-corrected chi connectivity index (χ0v) is 20.0. The Morgan fingerprint density at radius 1 is 0.946 bits per heavy atom. The molecular formula is C29H25N3O5. The molecule has 0 unspecified atom stereocenters. The minimum Gasteiger partial charge on any atom is -0.454 e. The van der Waals surface area contributed by atoms with E-state index in [1.54, 1.807) is 4.90 Å². The summed E-state index contributed by atoms with van der Waals surface area (Å²) >= 11 is 0. The van der Waals surface area contributed by atoms with Gasteiger partial charge in [0.1, 0.15) is 12.1 Å². The maximum absolute atomic E-state index is 14.0. The molecular weight excluding hydrogens is 470 g/mol. The van der Waals surface area contributed by atoms with Crippen molar-refractivity contribution in [1.29, 1.82) is 0 Å². The molecule has 7 rings (SSSR count). The first-order valence-electron chi connectivity index (χ1n) is 12.4. The number of amides is 2. The highest BCUT2D eigenvalue weighted by molar-refractivity contribution is 5.99. The SMILES string of the molecule is O=C1N[C@@H](COCc2ccccc2)C(=O)N2[C@H](c3ccc4c(c3)OCO4)c3[nH]c4ccccc4c3C[C@H]12. The first-order valence-corrected chi connectivity index (χ1v) is 12.4. The summed E-state index contributed by atoms with van der Waals surface area (Å²) in [5.74, 6) is 0.969. The van der Waals surface area contributed by atoms with Crippen molar-refractivity contribution in [3.8, 4) is 11.5 Å². The van der Waals surface area contributed by atoms with Crippen molar-refractivity contribution in [2.45, 2.75) is 31.2 Å². The van der Waals surface area contributed by atoms with E-state index in [-0.39, 0.29) is 25.2 Å². The van der Waals surface area contributed by atoms with E-state index in [1.807, 2.05) is 66.7 Å². The third-order valence-electron chi connectivity index (χ3n) is 7.41. The summed E-state index contributed by atoms with van der Waals surface area (Å²) in [5, 5.41) is 3.99. The Morgan fingerprint density at radius 2 is 1.76 bits per heavy atom. The van der Waals surface area contributed by atoms with Crippen molar-refractivity contribution in [1.82, 2.24) is 15.2 Å². The fourth-order valence-electron chi connectivity index (χ4n) is 5.69. The van der Waals surface area contributed by atoms with Gasteiger partial charge < -0.3 is 29.4 Å². The van der Waals surface area contributed by atoms with Crippen LogP contribution in [0.25, 0.3) is 10.9 Å². The predicted octanol–water partition coefficient (Wildman–Crippen LogP) is 3.45. The lowest BCUT2D eigenvalue weighted by Crippen LogP contribution is -2.67. The van der Waals surface area contributed by atoms with Gasteiger partial charge in [0.25, 0.3) is 0 Å². The largest absolute Gasteiger partial charge is 0.454 e. The molecule has 186 valence electrons. The van der Waals surface area contributed by atoms with Crippen LogP contribution >= 0.6 is 0 Å². The molecule has 0 bridgehead atoms. The second-order valence-corrected chi connectivity index (χ2v) is 9.61. The van der Waals surface area contributed by atoms with Crippen molar-refractivity contribution in [2.75, 3.05) is 13.4 Å². The van der Waals surface area contributed by atoms with E-state index >= 15 is 0 Å². The third-order valence-corrected chi connectivity index (χ3v) is 7.41. The molecule has 2 amide bonds. The van der Waals surface area contributed by atoms with Gasteiger partial charge in [0.05, 0.1) is 19.3 Å². The number of hydrogen-bond donors (Lipinski definition) is 2. The highest BCUT2D eigenvalue weighted by atomic mass is 16.7. The molecule has 4 heterocycles. The van der Waals surface area contributed by atoms with Crippen molar-refractivity contribution in [2.24, 2.45) is 0 Å². The number of H-pyrrole nitrogens is 1. The van der Waals surface area contributed by atoms with Gasteiger partial charge >= 0.3 is 0 Å². The molecule has 2 N–H and O–H groups in total. The maximum Gasteiger partial charge on any atom is 0.249 e. The molecule has 1 fully saturated rings. The van der Waals surface area contributed by atoms with E-state index in [1.165, 1.54) is 0 Å². The Morgan fingerprint density at radius 3 is 2.65 bits per heavy atom. The molecule has 37 heavy (non-hydrogen) atoms. The first-order chi connectivity index (χ1) is 18.2. The van der Waals surface area contributed by atoms with Gasteiger partial charge in [0.2, 0.25) is 18.6 Å². The lowest BCUT2D eigenvalue weighted by Gasteiger charge is -2.46. The number of aromatic amines is 1. The van der Waals surface area contributed by atoms with Gasteiger partial charge in [0, 0.05) is 23.0 Å². The number of hydrogen-bond acceptors (Lipinski definition) is 5. The molecule has 3 aliphatic rings. The van der Waals surface area contributed by atoms with Crippen LogP contribution in [0.5, 0.6) is 11.5 Å². The highest BCUT2D eigenvalue weighted by Crippen LogP contribution is 2.44. The van der Waals surface area contributed by atoms with Gasteiger partial charge in [-0.2, -0.15) is 0 Å². The molecule has 1 aromatic heterocycles. The van der Waals surface area contributed by atoms with Crippen LogP contribution in [-0.2, 0) is 27.4 Å². The van der Waals surface area contributed by atoms with Gasteiger partial charge in [-0.1, -0.05) is 54.6 Å². The van der Waals surface area contributed by atoms with E-state index in [2.05, 4.69) is 16.4 Å². The summed E-state index contributed by atoms with van der Waals surface area (Å²) in [5.41, 5.74) is 4.82. The number of carbonyl (C=O) groups excluding carboxylic acids is 2. The van der Waals surface area contributed by atoms with E-state index in [0.29, 0.717) is 24.5 Å². The molecule has 0 saturated carbocycles. The lowest BCUT2D eigenvalue weighted by atomic mass is 9.85. The second-order valence-electron chi connectivity index (χ2n) is 9.61. The zero-order chi connectivity index (χ0) is 24.9. The van der Waals surface area contributed by atoms with Gasteiger partial charge in [-0.3, -0.25) is 9.59 Å². The van der Waals surface area contributed by atoms with Crippen LogP contribution in [0, 0.1) is 0 Å². The number of benzene rings is 3. The summed E-state index contributed by atoms with van der Waals surface area (Å²) in [6.45, 7) is 0.618. The molecule has 4 aromatic rings. The van der Waals surface area contributed by atoms with Crippen molar-refractivity contribution in [3.63, 3.8) is 0 Å². The average molecular weight is 496 g/mol. The van der Waals surface area contributed by atoms with Crippen LogP contribution in [0.3, 0.4) is 0 Å². The number of piperazine rings is 1. The van der Waals surface area contributed by atoms with Gasteiger partial charge in [0.15, 0.2) is 11.5 Å². The van der Waals surface area contributed by atoms with E-state index < -0.39 is 18.1 Å². The lowest BCUT2D eigenvalue weighted by molar-refractivity contribution is -0.154. The molecule has 0 aliphatic carbocycles. The number of nitrogens with one attached hydrogen (secondary N) is 2. The van der Waals surface area contributed by atoms with Crippen LogP contribution < -0.4 is 14.8 Å². The Hall–Kier alpha value is -4.30. The quantitative estimate of drug-likeness (QED) is 0.443. The summed E-state index contributed by atoms with van der Waals surface area (Å²) in [7, 11) is 0. The highest BCUT2D eigenvalue weighted by Gasteiger charge is 2.49. The van der Waals surface area contributed by atoms with Crippen LogP contribution in [0.2, 0.25) is 0 Å². The molecule has 3 aromatic carbocycles. The van der Waals surface area contributed by atoms with Crippen molar-refractivity contribution in [3.05, 3.63) is 95.2 Å². The molecule has 0 spiro atoms. The van der Waals surface area contributed by atoms with E-state index in [4.69, 9.17) is 14.2 Å².